The molecule has 1 atom stereocenters. The van der Waals surface area contributed by atoms with E-state index < -0.39 is 0 Å². The summed E-state index contributed by atoms with van der Waals surface area (Å²) in [6.45, 7) is 2.68. The highest BCUT2D eigenvalue weighted by Gasteiger charge is 2.14. The molecule has 0 saturated heterocycles. The molecule has 1 aliphatic rings. The normalized spacial score (nSPS) is 16.6. The third-order valence-corrected chi connectivity index (χ3v) is 3.80. The fourth-order valence-electron chi connectivity index (χ4n) is 2.54. The van der Waals surface area contributed by atoms with Crippen LogP contribution in [0, 0.1) is 5.82 Å². The number of hydrogen-bond donors (Lipinski definition) is 1. The fraction of sp³-hybridized carbons (Fsp3) is 0.471. The first kappa shape index (κ1) is 14.9. The van der Waals surface area contributed by atoms with E-state index in [0.29, 0.717) is 5.56 Å². The molecular weight excluding hydrogens is 253 g/mol. The van der Waals surface area contributed by atoms with Crippen molar-refractivity contribution in [2.24, 2.45) is 0 Å². The SMILES string of the molecule is CC(NCCC1=CCCCC1)C(=O)c1ccc(F)cc1. The molecule has 0 spiro atoms. The summed E-state index contributed by atoms with van der Waals surface area (Å²) in [5, 5.41) is 3.26. The average Bonchev–Trinajstić information content (AvgIpc) is 2.48. The Hall–Kier alpha value is -1.48. The van der Waals surface area contributed by atoms with Crippen LogP contribution in [0.1, 0.15) is 49.4 Å². The predicted octanol–water partition coefficient (Wildman–Crippen LogP) is 3.88. The van der Waals surface area contributed by atoms with Crippen molar-refractivity contribution < 1.29 is 9.18 Å². The summed E-state index contributed by atoms with van der Waals surface area (Å²) < 4.78 is 12.8. The van der Waals surface area contributed by atoms with Crippen LogP contribution in [0.3, 0.4) is 0 Å². The van der Waals surface area contributed by atoms with Gasteiger partial charge in [-0.1, -0.05) is 11.6 Å². The minimum Gasteiger partial charge on any atom is -0.307 e. The zero-order valence-electron chi connectivity index (χ0n) is 12.0. The summed E-state index contributed by atoms with van der Waals surface area (Å²) >= 11 is 0. The highest BCUT2D eigenvalue weighted by molar-refractivity contribution is 5.99. The van der Waals surface area contributed by atoms with Gasteiger partial charge in [-0.3, -0.25) is 4.79 Å². The van der Waals surface area contributed by atoms with E-state index in [0.717, 1.165) is 13.0 Å². The lowest BCUT2D eigenvalue weighted by Crippen LogP contribution is -2.34. The first-order valence-electron chi connectivity index (χ1n) is 7.38. The lowest BCUT2D eigenvalue weighted by Gasteiger charge is -2.16. The molecule has 1 N–H and O–H groups in total. The van der Waals surface area contributed by atoms with Crippen LogP contribution in [0.5, 0.6) is 0 Å². The number of ketones is 1. The molecule has 108 valence electrons. The predicted molar refractivity (Wildman–Crippen MR) is 79.4 cm³/mol. The molecule has 0 radical (unpaired) electrons. The van der Waals surface area contributed by atoms with Gasteiger partial charge in [-0.05, 0) is 69.8 Å². The summed E-state index contributed by atoms with van der Waals surface area (Å²) in [6, 6.07) is 5.50. The Kier molecular flexibility index (Phi) is 5.48. The Morgan fingerprint density at radius 2 is 2.05 bits per heavy atom. The maximum absolute atomic E-state index is 12.8. The number of allylic oxidation sites excluding steroid dienone is 1. The highest BCUT2D eigenvalue weighted by Crippen LogP contribution is 2.19. The molecule has 0 aliphatic heterocycles. The van der Waals surface area contributed by atoms with Gasteiger partial charge < -0.3 is 5.32 Å². The van der Waals surface area contributed by atoms with Crippen molar-refractivity contribution in [2.75, 3.05) is 6.54 Å². The number of benzene rings is 1. The van der Waals surface area contributed by atoms with Crippen molar-refractivity contribution in [3.8, 4) is 0 Å². The third-order valence-electron chi connectivity index (χ3n) is 3.80. The number of hydrogen-bond acceptors (Lipinski definition) is 2. The van der Waals surface area contributed by atoms with E-state index in [2.05, 4.69) is 11.4 Å². The van der Waals surface area contributed by atoms with Crippen molar-refractivity contribution in [1.29, 1.82) is 0 Å². The van der Waals surface area contributed by atoms with Crippen LogP contribution in [0.2, 0.25) is 0 Å². The van der Waals surface area contributed by atoms with E-state index in [4.69, 9.17) is 0 Å². The van der Waals surface area contributed by atoms with Crippen molar-refractivity contribution >= 4 is 5.78 Å². The van der Waals surface area contributed by atoms with Gasteiger partial charge >= 0.3 is 0 Å². The van der Waals surface area contributed by atoms with Crippen LogP contribution in [-0.4, -0.2) is 18.4 Å². The second-order valence-corrected chi connectivity index (χ2v) is 5.41. The molecule has 2 nitrogen and oxygen atoms in total. The topological polar surface area (TPSA) is 29.1 Å². The molecule has 0 amide bonds. The second-order valence-electron chi connectivity index (χ2n) is 5.41. The van der Waals surface area contributed by atoms with E-state index in [1.165, 1.54) is 43.4 Å². The van der Waals surface area contributed by atoms with Gasteiger partial charge in [0.2, 0.25) is 0 Å². The van der Waals surface area contributed by atoms with Crippen molar-refractivity contribution in [2.45, 2.75) is 45.1 Å². The van der Waals surface area contributed by atoms with Gasteiger partial charge in [-0.25, -0.2) is 4.39 Å². The van der Waals surface area contributed by atoms with E-state index in [9.17, 15) is 9.18 Å². The molecule has 0 heterocycles. The van der Waals surface area contributed by atoms with Crippen LogP contribution in [0.4, 0.5) is 4.39 Å². The van der Waals surface area contributed by atoms with Crippen LogP contribution in [0.25, 0.3) is 0 Å². The van der Waals surface area contributed by atoms with Gasteiger partial charge in [-0.2, -0.15) is 0 Å². The smallest absolute Gasteiger partial charge is 0.179 e. The standard InChI is InChI=1S/C17H22FNO/c1-13(17(20)15-7-9-16(18)10-8-15)19-12-11-14-5-3-2-4-6-14/h5,7-10,13,19H,2-4,6,11-12H2,1H3. The van der Waals surface area contributed by atoms with Gasteiger partial charge in [-0.15, -0.1) is 0 Å². The van der Waals surface area contributed by atoms with Crippen LogP contribution in [0.15, 0.2) is 35.9 Å². The van der Waals surface area contributed by atoms with Crippen molar-refractivity contribution in [3.63, 3.8) is 0 Å². The maximum Gasteiger partial charge on any atom is 0.179 e. The average molecular weight is 275 g/mol. The number of nitrogens with one attached hydrogen (secondary N) is 1. The molecule has 0 saturated carbocycles. The van der Waals surface area contributed by atoms with E-state index in [1.54, 1.807) is 12.1 Å². The molecule has 0 aromatic heterocycles. The monoisotopic (exact) mass is 275 g/mol. The molecule has 0 fully saturated rings. The Morgan fingerprint density at radius 3 is 2.70 bits per heavy atom. The van der Waals surface area contributed by atoms with Crippen LogP contribution < -0.4 is 5.32 Å². The Bertz CT molecular complexity index is 478. The summed E-state index contributed by atoms with van der Waals surface area (Å²) in [5.41, 5.74) is 2.06. The van der Waals surface area contributed by atoms with Gasteiger partial charge in [0.25, 0.3) is 0 Å². The number of rotatable bonds is 6. The summed E-state index contributed by atoms with van der Waals surface area (Å²) in [7, 11) is 0. The largest absolute Gasteiger partial charge is 0.307 e. The summed E-state index contributed by atoms with van der Waals surface area (Å²) in [5.74, 6) is -0.297. The Balaban J connectivity index is 1.79. The summed E-state index contributed by atoms with van der Waals surface area (Å²) in [4.78, 5) is 12.1. The zero-order valence-corrected chi connectivity index (χ0v) is 12.0. The van der Waals surface area contributed by atoms with Gasteiger partial charge in [0.05, 0.1) is 6.04 Å². The molecule has 3 heteroatoms. The number of carbonyl (C=O) groups is 1. The molecule has 20 heavy (non-hydrogen) atoms. The van der Waals surface area contributed by atoms with Gasteiger partial charge in [0.15, 0.2) is 5.78 Å². The molecule has 1 unspecified atom stereocenters. The molecule has 1 aromatic carbocycles. The van der Waals surface area contributed by atoms with Crippen LogP contribution in [-0.2, 0) is 0 Å². The first-order valence-corrected chi connectivity index (χ1v) is 7.38. The number of halogens is 1. The molecular formula is C17H22FNO. The molecule has 1 aliphatic carbocycles. The van der Waals surface area contributed by atoms with E-state index in [1.807, 2.05) is 6.92 Å². The van der Waals surface area contributed by atoms with Gasteiger partial charge in [0, 0.05) is 5.56 Å². The van der Waals surface area contributed by atoms with E-state index >= 15 is 0 Å². The maximum atomic E-state index is 12.8. The molecule has 2 rings (SSSR count). The highest BCUT2D eigenvalue weighted by atomic mass is 19.1. The van der Waals surface area contributed by atoms with Gasteiger partial charge in [0.1, 0.15) is 5.82 Å². The third kappa shape index (κ3) is 4.27. The lowest BCUT2D eigenvalue weighted by molar-refractivity contribution is 0.0951. The lowest BCUT2D eigenvalue weighted by atomic mass is 9.97. The van der Waals surface area contributed by atoms with Crippen molar-refractivity contribution in [1.82, 2.24) is 5.32 Å². The van der Waals surface area contributed by atoms with E-state index in [-0.39, 0.29) is 17.6 Å². The minimum atomic E-state index is -0.314. The van der Waals surface area contributed by atoms with Crippen molar-refractivity contribution in [3.05, 3.63) is 47.3 Å². The molecule has 1 aromatic rings. The second kappa shape index (κ2) is 7.34. The quantitative estimate of drug-likeness (QED) is 0.630. The molecule has 0 bridgehead atoms. The zero-order chi connectivity index (χ0) is 14.4. The fourth-order valence-corrected chi connectivity index (χ4v) is 2.54. The van der Waals surface area contributed by atoms with Crippen LogP contribution >= 0.6 is 0 Å². The number of Topliss-reactive ketones (excluding diaryl/α,β-unsaturated/α-hetero) is 1. The Morgan fingerprint density at radius 1 is 1.30 bits per heavy atom. The Labute approximate surface area is 120 Å². The number of carbonyl (C=O) groups excluding carboxylic acids is 1. The minimum absolute atomic E-state index is 0.0163. The summed E-state index contributed by atoms with van der Waals surface area (Å²) in [6.07, 6.45) is 8.33. The first-order chi connectivity index (χ1) is 9.66.